The van der Waals surface area contributed by atoms with E-state index in [0.717, 1.165) is 37.4 Å². The van der Waals surface area contributed by atoms with Gasteiger partial charge in [0.05, 0.1) is 15.6 Å². The molecule has 0 radical (unpaired) electrons. The predicted molar refractivity (Wildman–Crippen MR) is 139 cm³/mol. The van der Waals surface area contributed by atoms with E-state index in [-0.39, 0.29) is 17.9 Å². The molecule has 2 aromatic carbocycles. The number of hydrogen-bond acceptors (Lipinski definition) is 7. The van der Waals surface area contributed by atoms with Crippen LogP contribution < -0.4 is 0 Å². The number of carbonyl (C=O) groups excluding carboxylic acids is 3. The minimum Gasteiger partial charge on any atom is -0.345 e. The van der Waals surface area contributed by atoms with Gasteiger partial charge in [-0.05, 0) is 36.8 Å². The maximum Gasteiger partial charge on any atom is 0.373 e. The Morgan fingerprint density at radius 2 is 1.78 bits per heavy atom. The van der Waals surface area contributed by atoms with Crippen molar-refractivity contribution in [2.75, 3.05) is 14.1 Å². The first-order chi connectivity index (χ1) is 17.1. The van der Waals surface area contributed by atoms with E-state index in [2.05, 4.69) is 18.9 Å². The first-order valence-electron chi connectivity index (χ1n) is 11.0. The SMILES string of the molecule is Cc1nn(-c2nc(-c3ccc(C(=O)N(C)C)cc3)c(SC(C)C)s2)cc1-c1cccc(F)c1.O=C=O. The molecule has 4 aromatic rings. The van der Waals surface area contributed by atoms with Crippen molar-refractivity contribution in [3.63, 3.8) is 0 Å². The number of thiazole rings is 1. The molecule has 7 nitrogen and oxygen atoms in total. The van der Waals surface area contributed by atoms with Crippen molar-refractivity contribution in [2.24, 2.45) is 0 Å². The van der Waals surface area contributed by atoms with Crippen LogP contribution in [0.15, 0.2) is 58.9 Å². The van der Waals surface area contributed by atoms with Crippen LogP contribution in [0.3, 0.4) is 0 Å². The van der Waals surface area contributed by atoms with E-state index in [9.17, 15) is 9.18 Å². The number of hydrogen-bond donors (Lipinski definition) is 0. The number of thioether (sulfide) groups is 1. The lowest BCUT2D eigenvalue weighted by molar-refractivity contribution is -0.191. The third-order valence-electron chi connectivity index (χ3n) is 4.97. The largest absolute Gasteiger partial charge is 0.373 e. The second-order valence-corrected chi connectivity index (χ2v) is 11.1. The fourth-order valence-electron chi connectivity index (χ4n) is 3.40. The van der Waals surface area contributed by atoms with E-state index in [0.29, 0.717) is 10.8 Å². The molecule has 186 valence electrons. The molecule has 0 aliphatic carbocycles. The van der Waals surface area contributed by atoms with Gasteiger partial charge in [-0.1, -0.05) is 49.4 Å². The fourth-order valence-corrected chi connectivity index (χ4v) is 5.84. The zero-order valence-corrected chi connectivity index (χ0v) is 22.1. The Balaban J connectivity index is 0.00000115. The van der Waals surface area contributed by atoms with Gasteiger partial charge in [0.25, 0.3) is 5.91 Å². The standard InChI is InChI=1S/C25H25FN4OS2.CO2/c1-15(2)32-24-22(17-9-11-18(12-10-17)23(31)29(4)5)27-25(33-24)30-14-21(16(3)28-30)19-7-6-8-20(26)13-19;2-1-3/h6-15H,1-5H3;. The van der Waals surface area contributed by atoms with Gasteiger partial charge in [0.2, 0.25) is 5.13 Å². The average molecular weight is 525 g/mol. The Hall–Kier alpha value is -3.59. The number of aryl methyl sites for hydroxylation is 1. The van der Waals surface area contributed by atoms with Crippen LogP contribution in [0.1, 0.15) is 29.9 Å². The second-order valence-electron chi connectivity index (χ2n) is 8.24. The van der Waals surface area contributed by atoms with Crippen LogP contribution in [0.4, 0.5) is 4.39 Å². The topological polar surface area (TPSA) is 85.2 Å². The van der Waals surface area contributed by atoms with Crippen molar-refractivity contribution in [2.45, 2.75) is 30.2 Å². The van der Waals surface area contributed by atoms with E-state index < -0.39 is 0 Å². The summed E-state index contributed by atoms with van der Waals surface area (Å²) in [5, 5.41) is 5.78. The predicted octanol–water partition coefficient (Wildman–Crippen LogP) is 5.73. The molecular weight excluding hydrogens is 499 g/mol. The number of aromatic nitrogens is 3. The van der Waals surface area contributed by atoms with E-state index in [1.165, 1.54) is 12.1 Å². The zero-order chi connectivity index (χ0) is 26.4. The van der Waals surface area contributed by atoms with Gasteiger partial charge in [0.1, 0.15) is 5.82 Å². The molecule has 0 N–H and O–H groups in total. The van der Waals surface area contributed by atoms with Crippen molar-refractivity contribution in [3.05, 3.63) is 71.8 Å². The number of benzene rings is 2. The van der Waals surface area contributed by atoms with Crippen LogP contribution in [-0.4, -0.2) is 51.1 Å². The van der Waals surface area contributed by atoms with Gasteiger partial charge >= 0.3 is 6.15 Å². The molecule has 2 aromatic heterocycles. The summed E-state index contributed by atoms with van der Waals surface area (Å²) in [6, 6.07) is 14.1. The fraction of sp³-hybridized carbons (Fsp3) is 0.231. The minimum atomic E-state index is -0.275. The van der Waals surface area contributed by atoms with Gasteiger partial charge in [-0.2, -0.15) is 14.7 Å². The second kappa shape index (κ2) is 11.9. The summed E-state index contributed by atoms with van der Waals surface area (Å²) in [6.07, 6.45) is 2.15. The van der Waals surface area contributed by atoms with Crippen molar-refractivity contribution >= 4 is 35.2 Å². The molecule has 0 saturated heterocycles. The van der Waals surface area contributed by atoms with Gasteiger partial charge < -0.3 is 4.90 Å². The van der Waals surface area contributed by atoms with Crippen LogP contribution in [0.25, 0.3) is 27.5 Å². The highest BCUT2D eigenvalue weighted by molar-refractivity contribution is 8.01. The molecule has 10 heteroatoms. The van der Waals surface area contributed by atoms with Crippen LogP contribution in [-0.2, 0) is 9.59 Å². The summed E-state index contributed by atoms with van der Waals surface area (Å²) in [4.78, 5) is 35.0. The summed E-state index contributed by atoms with van der Waals surface area (Å²) in [6.45, 7) is 6.20. The molecule has 0 bridgehead atoms. The molecule has 0 aliphatic heterocycles. The number of halogens is 1. The first kappa shape index (κ1) is 27.0. The summed E-state index contributed by atoms with van der Waals surface area (Å²) >= 11 is 3.32. The highest BCUT2D eigenvalue weighted by atomic mass is 32.2. The molecule has 0 aliphatic rings. The molecule has 4 rings (SSSR count). The van der Waals surface area contributed by atoms with Gasteiger partial charge in [0.15, 0.2) is 0 Å². The van der Waals surface area contributed by atoms with E-state index >= 15 is 0 Å². The minimum absolute atomic E-state index is 0.0332. The van der Waals surface area contributed by atoms with Crippen molar-refractivity contribution in [3.8, 4) is 27.5 Å². The Kier molecular flexibility index (Phi) is 8.93. The van der Waals surface area contributed by atoms with Gasteiger partial charge in [0, 0.05) is 42.2 Å². The molecular formula is C26H25FN4O3S2. The monoisotopic (exact) mass is 524 g/mol. The number of carbonyl (C=O) groups is 1. The molecule has 2 heterocycles. The lowest BCUT2D eigenvalue weighted by Crippen LogP contribution is -2.21. The van der Waals surface area contributed by atoms with Crippen LogP contribution >= 0.6 is 23.1 Å². The maximum absolute atomic E-state index is 13.7. The normalized spacial score (nSPS) is 10.5. The molecule has 0 unspecified atom stereocenters. The van der Waals surface area contributed by atoms with E-state index in [1.807, 2.05) is 43.5 Å². The van der Waals surface area contributed by atoms with Crippen LogP contribution in [0.5, 0.6) is 0 Å². The Labute approximate surface area is 217 Å². The number of rotatable bonds is 6. The van der Waals surface area contributed by atoms with Crippen molar-refractivity contribution in [1.29, 1.82) is 0 Å². The number of nitrogens with zero attached hydrogens (tertiary/aromatic N) is 4. The summed E-state index contributed by atoms with van der Waals surface area (Å²) < 4.78 is 16.6. The Morgan fingerprint density at radius 3 is 2.36 bits per heavy atom. The molecule has 1 amide bonds. The van der Waals surface area contributed by atoms with E-state index in [4.69, 9.17) is 14.6 Å². The summed E-state index contributed by atoms with van der Waals surface area (Å²) in [5.74, 6) is -0.308. The first-order valence-corrected chi connectivity index (χ1v) is 12.7. The molecule has 0 saturated carbocycles. The quantitative estimate of drug-likeness (QED) is 0.300. The van der Waals surface area contributed by atoms with Gasteiger partial charge in [-0.15, -0.1) is 11.8 Å². The summed E-state index contributed by atoms with van der Waals surface area (Å²) in [7, 11) is 3.48. The third-order valence-corrected chi connectivity index (χ3v) is 7.23. The van der Waals surface area contributed by atoms with Crippen molar-refractivity contribution in [1.82, 2.24) is 19.7 Å². The zero-order valence-electron chi connectivity index (χ0n) is 20.5. The number of amides is 1. The molecule has 0 fully saturated rings. The van der Waals surface area contributed by atoms with Crippen LogP contribution in [0.2, 0.25) is 0 Å². The average Bonchev–Trinajstić information content (AvgIpc) is 3.42. The Morgan fingerprint density at radius 1 is 1.11 bits per heavy atom. The maximum atomic E-state index is 13.7. The lowest BCUT2D eigenvalue weighted by Gasteiger charge is -2.10. The molecule has 0 atom stereocenters. The van der Waals surface area contributed by atoms with Crippen LogP contribution in [0, 0.1) is 12.7 Å². The lowest BCUT2D eigenvalue weighted by atomic mass is 10.1. The van der Waals surface area contributed by atoms with Gasteiger partial charge in [-0.3, -0.25) is 4.79 Å². The molecule has 0 spiro atoms. The Bertz CT molecular complexity index is 1390. The molecule has 36 heavy (non-hydrogen) atoms. The summed E-state index contributed by atoms with van der Waals surface area (Å²) in [5.41, 5.74) is 4.93. The smallest absolute Gasteiger partial charge is 0.345 e. The van der Waals surface area contributed by atoms with Crippen molar-refractivity contribution < 1.29 is 18.8 Å². The highest BCUT2D eigenvalue weighted by Crippen LogP contribution is 2.40. The highest BCUT2D eigenvalue weighted by Gasteiger charge is 2.19. The third kappa shape index (κ3) is 6.34. The van der Waals surface area contributed by atoms with Gasteiger partial charge in [-0.25, -0.2) is 14.1 Å². The van der Waals surface area contributed by atoms with E-state index in [1.54, 1.807) is 52.8 Å².